The van der Waals surface area contributed by atoms with Crippen molar-refractivity contribution in [2.45, 2.75) is 69.7 Å². The molecule has 0 unspecified atom stereocenters. The van der Waals surface area contributed by atoms with Crippen molar-refractivity contribution < 1.29 is 29.3 Å². The fourth-order valence-corrected chi connectivity index (χ4v) is 7.29. The molecule has 3 saturated carbocycles. The number of ketones is 2. The number of carbonyl (C=O) groups excluding carboxylic acids is 2. The van der Waals surface area contributed by atoms with Crippen molar-refractivity contribution in [3.05, 3.63) is 36.0 Å². The number of hydrogen-bond acceptors (Lipinski definition) is 5. The summed E-state index contributed by atoms with van der Waals surface area (Å²) in [6.07, 6.45) is 5.25. The third-order valence-corrected chi connectivity index (χ3v) is 8.95. The number of fused-ring (bicyclic) bond motifs is 5. The van der Waals surface area contributed by atoms with E-state index in [1.165, 1.54) is 6.08 Å². The molecule has 30 heavy (non-hydrogen) atoms. The number of aliphatic hydroxyl groups excluding tert-OH is 2. The van der Waals surface area contributed by atoms with Gasteiger partial charge in [0.15, 0.2) is 17.2 Å². The summed E-state index contributed by atoms with van der Waals surface area (Å²) < 4.78 is 17.1. The first kappa shape index (κ1) is 21.6. The van der Waals surface area contributed by atoms with Gasteiger partial charge in [0.2, 0.25) is 0 Å². The molecule has 4 aliphatic carbocycles. The van der Waals surface area contributed by atoms with Crippen LogP contribution >= 0.6 is 0 Å². The maximum atomic E-state index is 17.1. The highest BCUT2D eigenvalue weighted by Crippen LogP contribution is 2.69. The van der Waals surface area contributed by atoms with Crippen LogP contribution in [0, 0.1) is 22.7 Å². The van der Waals surface area contributed by atoms with E-state index in [2.05, 4.69) is 6.58 Å². The lowest BCUT2D eigenvalue weighted by Gasteiger charge is -2.62. The summed E-state index contributed by atoms with van der Waals surface area (Å²) in [5, 5.41) is 31.9. The average molecular weight is 419 g/mol. The van der Waals surface area contributed by atoms with Crippen molar-refractivity contribution in [1.82, 2.24) is 0 Å². The van der Waals surface area contributed by atoms with Crippen LogP contribution in [-0.2, 0) is 9.59 Å². The molecule has 0 bridgehead atoms. The van der Waals surface area contributed by atoms with E-state index in [1.807, 2.05) is 0 Å². The van der Waals surface area contributed by atoms with E-state index in [4.69, 9.17) is 0 Å². The highest BCUT2D eigenvalue weighted by atomic mass is 19.1. The lowest BCUT2D eigenvalue weighted by molar-refractivity contribution is -0.217. The second-order valence-electron chi connectivity index (χ2n) is 10.0. The van der Waals surface area contributed by atoms with E-state index in [0.717, 1.165) is 0 Å². The highest BCUT2D eigenvalue weighted by Gasteiger charge is 2.74. The Morgan fingerprint density at radius 3 is 2.67 bits per heavy atom. The van der Waals surface area contributed by atoms with E-state index in [-0.39, 0.29) is 24.5 Å². The molecule has 0 heterocycles. The Bertz CT molecular complexity index is 877. The van der Waals surface area contributed by atoms with Crippen LogP contribution in [0.3, 0.4) is 0 Å². The normalized spacial score (nSPS) is 47.5. The molecule has 3 fully saturated rings. The van der Waals surface area contributed by atoms with E-state index in [1.54, 1.807) is 26.0 Å². The summed E-state index contributed by atoms with van der Waals surface area (Å²) in [6.45, 7) is 6.41. The van der Waals surface area contributed by atoms with E-state index < -0.39 is 46.5 Å². The number of hydrogen-bond donors (Lipinski definition) is 3. The molecule has 7 atom stereocenters. The van der Waals surface area contributed by atoms with E-state index in [0.29, 0.717) is 36.8 Å². The van der Waals surface area contributed by atoms with Crippen molar-refractivity contribution in [3.63, 3.8) is 0 Å². The fraction of sp³-hybridized carbons (Fsp3) is 0.667. The van der Waals surface area contributed by atoms with Crippen LogP contribution in [0.15, 0.2) is 36.0 Å². The molecule has 6 heteroatoms. The van der Waals surface area contributed by atoms with Crippen molar-refractivity contribution in [1.29, 1.82) is 0 Å². The lowest BCUT2D eigenvalue weighted by Crippen LogP contribution is -2.69. The SMILES string of the molecule is C=CCC1=C[C@@]2(C)C(=CC1=O)CC[C@H]1[C@@H]3CC[C@](O)(C(=O)CO)[C@@]3(C)C[C@H](O)[C@@]12F. The van der Waals surface area contributed by atoms with Gasteiger partial charge >= 0.3 is 0 Å². The lowest BCUT2D eigenvalue weighted by atomic mass is 9.44. The maximum Gasteiger partial charge on any atom is 0.190 e. The predicted molar refractivity (Wildman–Crippen MR) is 109 cm³/mol. The molecule has 0 aromatic rings. The van der Waals surface area contributed by atoms with E-state index >= 15 is 4.39 Å². The molecular formula is C24H31FO5. The van der Waals surface area contributed by atoms with Gasteiger partial charge in [-0.05, 0) is 57.4 Å². The highest BCUT2D eigenvalue weighted by molar-refractivity contribution is 6.06. The van der Waals surface area contributed by atoms with Crippen LogP contribution in [0.1, 0.15) is 52.4 Å². The predicted octanol–water partition coefficient (Wildman–Crippen LogP) is 2.60. The zero-order valence-electron chi connectivity index (χ0n) is 17.7. The molecule has 0 aliphatic heterocycles. The summed E-state index contributed by atoms with van der Waals surface area (Å²) in [5.41, 5.74) is -4.75. The molecule has 0 spiro atoms. The number of allylic oxidation sites excluding steroid dienone is 5. The smallest absolute Gasteiger partial charge is 0.190 e. The third-order valence-electron chi connectivity index (χ3n) is 8.95. The molecule has 3 N–H and O–H groups in total. The Balaban J connectivity index is 1.82. The monoisotopic (exact) mass is 418 g/mol. The second-order valence-corrected chi connectivity index (χ2v) is 10.0. The molecule has 0 aromatic carbocycles. The number of carbonyl (C=O) groups is 2. The quantitative estimate of drug-likeness (QED) is 0.610. The van der Waals surface area contributed by atoms with Gasteiger partial charge in [-0.3, -0.25) is 9.59 Å². The minimum Gasteiger partial charge on any atom is -0.390 e. The Kier molecular flexibility index (Phi) is 4.81. The van der Waals surface area contributed by atoms with Crippen molar-refractivity contribution in [2.75, 3.05) is 6.61 Å². The Morgan fingerprint density at radius 2 is 2.03 bits per heavy atom. The number of halogens is 1. The summed E-state index contributed by atoms with van der Waals surface area (Å²) >= 11 is 0. The molecule has 4 aliphatic rings. The van der Waals surface area contributed by atoms with Crippen LogP contribution in [0.2, 0.25) is 0 Å². The van der Waals surface area contributed by atoms with Crippen LogP contribution in [0.25, 0.3) is 0 Å². The van der Waals surface area contributed by atoms with Gasteiger partial charge in [0, 0.05) is 22.3 Å². The van der Waals surface area contributed by atoms with Gasteiger partial charge in [-0.2, -0.15) is 0 Å². The summed E-state index contributed by atoms with van der Waals surface area (Å²) in [6, 6.07) is 0. The Morgan fingerprint density at radius 1 is 1.33 bits per heavy atom. The molecule has 0 radical (unpaired) electrons. The number of rotatable bonds is 4. The molecule has 0 saturated heterocycles. The van der Waals surface area contributed by atoms with Gasteiger partial charge in [-0.1, -0.05) is 24.6 Å². The molecule has 0 aromatic heterocycles. The largest absolute Gasteiger partial charge is 0.390 e. The van der Waals surface area contributed by atoms with Gasteiger partial charge in [0.25, 0.3) is 0 Å². The third kappa shape index (κ3) is 2.38. The minimum atomic E-state index is -2.01. The van der Waals surface area contributed by atoms with Gasteiger partial charge in [-0.25, -0.2) is 4.39 Å². The van der Waals surface area contributed by atoms with Crippen LogP contribution in [0.5, 0.6) is 0 Å². The van der Waals surface area contributed by atoms with Crippen molar-refractivity contribution >= 4 is 11.6 Å². The van der Waals surface area contributed by atoms with Crippen LogP contribution in [-0.4, -0.2) is 50.9 Å². The first-order chi connectivity index (χ1) is 14.0. The summed E-state index contributed by atoms with van der Waals surface area (Å²) in [7, 11) is 0. The average Bonchev–Trinajstić information content (AvgIpc) is 2.96. The zero-order chi connectivity index (χ0) is 22.1. The molecule has 4 rings (SSSR count). The number of aliphatic hydroxyl groups is 3. The molecule has 164 valence electrons. The standard InChI is InChI=1S/C24H31FO5/c1-4-5-14-11-21(2)15(10-18(14)27)6-7-17-16-8-9-23(30,20(29)13-26)22(16,3)12-19(28)24(17,21)25/h4,10-11,16-17,19,26,28,30H,1,5-9,12-13H2,2-3H3/t16-,17-,19-,21-,22-,23-,24-/m0/s1. The van der Waals surface area contributed by atoms with Gasteiger partial charge in [-0.15, -0.1) is 6.58 Å². The van der Waals surface area contributed by atoms with Crippen molar-refractivity contribution in [3.8, 4) is 0 Å². The first-order valence-corrected chi connectivity index (χ1v) is 10.8. The Hall–Kier alpha value is -1.63. The first-order valence-electron chi connectivity index (χ1n) is 10.8. The van der Waals surface area contributed by atoms with Crippen LogP contribution in [0.4, 0.5) is 4.39 Å². The fourth-order valence-electron chi connectivity index (χ4n) is 7.29. The van der Waals surface area contributed by atoms with Crippen molar-refractivity contribution in [2.24, 2.45) is 22.7 Å². The van der Waals surface area contributed by atoms with Gasteiger partial charge in [0.05, 0.1) is 6.10 Å². The van der Waals surface area contributed by atoms with Gasteiger partial charge in [0.1, 0.15) is 12.2 Å². The molecule has 5 nitrogen and oxygen atoms in total. The van der Waals surface area contributed by atoms with Crippen LogP contribution < -0.4 is 0 Å². The molecule has 0 amide bonds. The zero-order valence-corrected chi connectivity index (χ0v) is 17.7. The second kappa shape index (κ2) is 6.68. The van der Waals surface area contributed by atoms with E-state index in [9.17, 15) is 24.9 Å². The summed E-state index contributed by atoms with van der Waals surface area (Å²) in [4.78, 5) is 24.9. The topological polar surface area (TPSA) is 94.8 Å². The maximum absolute atomic E-state index is 17.1. The van der Waals surface area contributed by atoms with Gasteiger partial charge < -0.3 is 15.3 Å². The summed E-state index contributed by atoms with van der Waals surface area (Å²) in [5.74, 6) is -1.67. The minimum absolute atomic E-state index is 0.0750. The Labute approximate surface area is 176 Å². The number of Topliss-reactive ketones (excluding diaryl/α,β-unsaturated/α-hetero) is 1. The number of alkyl halides is 1. The molecular weight excluding hydrogens is 387 g/mol.